The summed E-state index contributed by atoms with van der Waals surface area (Å²) in [6.45, 7) is 0. The summed E-state index contributed by atoms with van der Waals surface area (Å²) in [5.74, 6) is -1.41. The molecule has 0 fully saturated rings. The van der Waals surface area contributed by atoms with Gasteiger partial charge in [-0.25, -0.2) is 4.79 Å². The maximum atomic E-state index is 12.4. The van der Waals surface area contributed by atoms with Crippen LogP contribution >= 0.6 is 0 Å². The molecule has 0 aliphatic rings. The minimum Gasteiger partial charge on any atom is -0.478 e. The Morgan fingerprint density at radius 3 is 2.04 bits per heavy atom. The van der Waals surface area contributed by atoms with E-state index in [1.54, 1.807) is 30.3 Å². The molecule has 0 heterocycles. The zero-order chi connectivity index (χ0) is 17.6. The number of para-hydroxylation sites is 1. The molecule has 3 rings (SSSR count). The number of aromatic carboxylic acids is 1. The first-order chi connectivity index (χ1) is 12.1. The summed E-state index contributed by atoms with van der Waals surface area (Å²) in [7, 11) is 0. The second kappa shape index (κ2) is 7.45. The standard InChI is InChI=1S/C21H17NO3/c23-20(22-19-9-5-4-8-18(19)21(24)25)17-12-10-16(11-13-17)14-15-6-2-1-3-7-15/h1-13H,14H2,(H,22,23)(H,24,25). The van der Waals surface area contributed by atoms with Crippen molar-refractivity contribution >= 4 is 17.6 Å². The maximum Gasteiger partial charge on any atom is 0.337 e. The zero-order valence-electron chi connectivity index (χ0n) is 13.5. The van der Waals surface area contributed by atoms with Crippen molar-refractivity contribution in [1.29, 1.82) is 0 Å². The number of amides is 1. The van der Waals surface area contributed by atoms with Crippen molar-refractivity contribution in [2.24, 2.45) is 0 Å². The van der Waals surface area contributed by atoms with Crippen molar-refractivity contribution in [3.63, 3.8) is 0 Å². The van der Waals surface area contributed by atoms with Crippen LogP contribution in [0, 0.1) is 0 Å². The predicted octanol–water partition coefficient (Wildman–Crippen LogP) is 4.23. The van der Waals surface area contributed by atoms with Gasteiger partial charge in [0.2, 0.25) is 0 Å². The van der Waals surface area contributed by atoms with Gasteiger partial charge in [0.1, 0.15) is 0 Å². The van der Waals surface area contributed by atoms with Crippen LogP contribution in [0.1, 0.15) is 31.8 Å². The average Bonchev–Trinajstić information content (AvgIpc) is 2.63. The summed E-state index contributed by atoms with van der Waals surface area (Å²) in [5, 5.41) is 11.8. The third-order valence-corrected chi connectivity index (χ3v) is 3.87. The first-order valence-electron chi connectivity index (χ1n) is 7.90. The number of carboxylic acids is 1. The lowest BCUT2D eigenvalue weighted by Crippen LogP contribution is -2.14. The van der Waals surface area contributed by atoms with Crippen LogP contribution in [-0.4, -0.2) is 17.0 Å². The SMILES string of the molecule is O=C(Nc1ccccc1C(=O)O)c1ccc(Cc2ccccc2)cc1. The van der Waals surface area contributed by atoms with Gasteiger partial charge in [-0.2, -0.15) is 0 Å². The van der Waals surface area contributed by atoms with E-state index in [4.69, 9.17) is 0 Å². The third kappa shape index (κ3) is 4.12. The summed E-state index contributed by atoms with van der Waals surface area (Å²) >= 11 is 0. The summed E-state index contributed by atoms with van der Waals surface area (Å²) in [5.41, 5.74) is 3.14. The molecule has 0 radical (unpaired) electrons. The van der Waals surface area contributed by atoms with Gasteiger partial charge in [-0.15, -0.1) is 0 Å². The van der Waals surface area contributed by atoms with E-state index >= 15 is 0 Å². The molecule has 0 aliphatic carbocycles. The quantitative estimate of drug-likeness (QED) is 0.735. The number of carbonyl (C=O) groups is 2. The van der Waals surface area contributed by atoms with Gasteiger partial charge in [0, 0.05) is 5.56 Å². The van der Waals surface area contributed by atoms with Crippen LogP contribution in [-0.2, 0) is 6.42 Å². The number of nitrogens with one attached hydrogen (secondary N) is 1. The van der Waals surface area contributed by atoms with Crippen molar-refractivity contribution in [3.05, 3.63) is 101 Å². The molecular weight excluding hydrogens is 314 g/mol. The van der Waals surface area contributed by atoms with Crippen LogP contribution in [0.2, 0.25) is 0 Å². The van der Waals surface area contributed by atoms with E-state index in [9.17, 15) is 14.7 Å². The number of carbonyl (C=O) groups excluding carboxylic acids is 1. The molecule has 0 spiro atoms. The van der Waals surface area contributed by atoms with Crippen LogP contribution < -0.4 is 5.32 Å². The Morgan fingerprint density at radius 2 is 1.36 bits per heavy atom. The number of hydrogen-bond acceptors (Lipinski definition) is 2. The van der Waals surface area contributed by atoms with Crippen LogP contribution in [0.25, 0.3) is 0 Å². The van der Waals surface area contributed by atoms with Crippen molar-refractivity contribution in [2.75, 3.05) is 5.32 Å². The van der Waals surface area contributed by atoms with Gasteiger partial charge in [0.25, 0.3) is 5.91 Å². The highest BCUT2D eigenvalue weighted by Gasteiger charge is 2.12. The highest BCUT2D eigenvalue weighted by atomic mass is 16.4. The van der Waals surface area contributed by atoms with Crippen LogP contribution in [0.5, 0.6) is 0 Å². The molecule has 3 aromatic rings. The molecule has 0 aromatic heterocycles. The van der Waals surface area contributed by atoms with E-state index < -0.39 is 5.97 Å². The summed E-state index contributed by atoms with van der Waals surface area (Å²) < 4.78 is 0. The Bertz CT molecular complexity index is 887. The highest BCUT2D eigenvalue weighted by Crippen LogP contribution is 2.17. The molecule has 25 heavy (non-hydrogen) atoms. The number of carboxylic acid groups (broad SMARTS) is 1. The van der Waals surface area contributed by atoms with Gasteiger partial charge < -0.3 is 10.4 Å². The smallest absolute Gasteiger partial charge is 0.337 e. The molecule has 0 bridgehead atoms. The Balaban J connectivity index is 1.72. The molecule has 124 valence electrons. The van der Waals surface area contributed by atoms with Crippen molar-refractivity contribution in [2.45, 2.75) is 6.42 Å². The zero-order valence-corrected chi connectivity index (χ0v) is 13.5. The first-order valence-corrected chi connectivity index (χ1v) is 7.90. The lowest BCUT2D eigenvalue weighted by molar-refractivity contribution is 0.0698. The Kier molecular flexibility index (Phi) is 4.90. The second-order valence-electron chi connectivity index (χ2n) is 5.66. The second-order valence-corrected chi connectivity index (χ2v) is 5.66. The fraction of sp³-hybridized carbons (Fsp3) is 0.0476. The number of hydrogen-bond donors (Lipinski definition) is 2. The predicted molar refractivity (Wildman–Crippen MR) is 97.0 cm³/mol. The van der Waals surface area contributed by atoms with Gasteiger partial charge in [-0.1, -0.05) is 54.6 Å². The highest BCUT2D eigenvalue weighted by molar-refractivity contribution is 6.07. The van der Waals surface area contributed by atoms with E-state index in [-0.39, 0.29) is 17.2 Å². The van der Waals surface area contributed by atoms with E-state index in [0.29, 0.717) is 5.56 Å². The Morgan fingerprint density at radius 1 is 0.760 bits per heavy atom. The first kappa shape index (κ1) is 16.5. The largest absolute Gasteiger partial charge is 0.478 e. The van der Waals surface area contributed by atoms with Gasteiger partial charge in [-0.05, 0) is 41.8 Å². The minimum absolute atomic E-state index is 0.0662. The maximum absolute atomic E-state index is 12.4. The Labute approximate surface area is 145 Å². The molecular formula is C21H17NO3. The monoisotopic (exact) mass is 331 g/mol. The van der Waals surface area contributed by atoms with E-state index in [0.717, 1.165) is 12.0 Å². The molecule has 2 N–H and O–H groups in total. The van der Waals surface area contributed by atoms with Gasteiger partial charge in [-0.3, -0.25) is 4.79 Å². The number of anilines is 1. The van der Waals surface area contributed by atoms with E-state index in [1.165, 1.54) is 11.6 Å². The summed E-state index contributed by atoms with van der Waals surface area (Å²) in [4.78, 5) is 23.6. The molecule has 4 nitrogen and oxygen atoms in total. The fourth-order valence-corrected chi connectivity index (χ4v) is 2.58. The van der Waals surface area contributed by atoms with Crippen molar-refractivity contribution < 1.29 is 14.7 Å². The number of benzene rings is 3. The lowest BCUT2D eigenvalue weighted by Gasteiger charge is -2.09. The normalized spacial score (nSPS) is 10.2. The molecule has 4 heteroatoms. The van der Waals surface area contributed by atoms with Crippen molar-refractivity contribution in [3.8, 4) is 0 Å². The molecule has 1 amide bonds. The van der Waals surface area contributed by atoms with Crippen LogP contribution in [0.15, 0.2) is 78.9 Å². The van der Waals surface area contributed by atoms with Crippen LogP contribution in [0.3, 0.4) is 0 Å². The van der Waals surface area contributed by atoms with Crippen molar-refractivity contribution in [1.82, 2.24) is 0 Å². The Hall–Kier alpha value is -3.40. The van der Waals surface area contributed by atoms with Gasteiger partial charge in [0.05, 0.1) is 11.3 Å². The molecule has 3 aromatic carbocycles. The molecule has 0 unspecified atom stereocenters. The molecule has 0 aliphatic heterocycles. The van der Waals surface area contributed by atoms with E-state index in [1.807, 2.05) is 30.3 Å². The lowest BCUT2D eigenvalue weighted by atomic mass is 10.0. The van der Waals surface area contributed by atoms with Crippen LogP contribution in [0.4, 0.5) is 5.69 Å². The number of rotatable bonds is 5. The summed E-state index contributed by atoms with van der Waals surface area (Å²) in [6, 6.07) is 23.7. The third-order valence-electron chi connectivity index (χ3n) is 3.87. The molecule has 0 saturated carbocycles. The van der Waals surface area contributed by atoms with Gasteiger partial charge in [0.15, 0.2) is 0 Å². The average molecular weight is 331 g/mol. The molecule has 0 saturated heterocycles. The van der Waals surface area contributed by atoms with E-state index in [2.05, 4.69) is 17.4 Å². The fourth-order valence-electron chi connectivity index (χ4n) is 2.58. The topological polar surface area (TPSA) is 66.4 Å². The summed E-state index contributed by atoms with van der Waals surface area (Å²) in [6.07, 6.45) is 0.796. The molecule has 0 atom stereocenters. The van der Waals surface area contributed by atoms with Gasteiger partial charge >= 0.3 is 5.97 Å². The minimum atomic E-state index is -1.07.